The normalized spacial score (nSPS) is 11.0. The molecule has 1 amide bonds. The van der Waals surface area contributed by atoms with Crippen LogP contribution in [0.2, 0.25) is 0 Å². The largest absolute Gasteiger partial charge is 0.493 e. The smallest absolute Gasteiger partial charge is 0.224 e. The van der Waals surface area contributed by atoms with Gasteiger partial charge in [-0.05, 0) is 48.7 Å². The zero-order valence-corrected chi connectivity index (χ0v) is 18.2. The molecule has 0 radical (unpaired) electrons. The van der Waals surface area contributed by atoms with Crippen LogP contribution in [-0.4, -0.2) is 32.6 Å². The number of amides is 1. The summed E-state index contributed by atoms with van der Waals surface area (Å²) in [6.45, 7) is 5.86. The molecule has 162 valence electrons. The molecular formula is C23H32N4O3. The first-order valence-electron chi connectivity index (χ1n) is 10.2. The Bertz CT molecular complexity index is 852. The van der Waals surface area contributed by atoms with E-state index >= 15 is 0 Å². The van der Waals surface area contributed by atoms with E-state index in [0.29, 0.717) is 37.0 Å². The lowest BCUT2D eigenvalue weighted by atomic mass is 10.2. The number of nitrogens with zero attached hydrogens (tertiary/aromatic N) is 1. The molecule has 0 aromatic heterocycles. The summed E-state index contributed by atoms with van der Waals surface area (Å²) in [5.41, 5.74) is 2.87. The fourth-order valence-corrected chi connectivity index (χ4v) is 2.89. The van der Waals surface area contributed by atoms with Crippen molar-refractivity contribution in [2.75, 3.05) is 26.1 Å². The molecule has 7 heteroatoms. The van der Waals surface area contributed by atoms with Gasteiger partial charge >= 0.3 is 0 Å². The topological polar surface area (TPSA) is 84.0 Å². The van der Waals surface area contributed by atoms with Crippen molar-refractivity contribution in [1.82, 2.24) is 10.6 Å². The van der Waals surface area contributed by atoms with Crippen molar-refractivity contribution in [2.24, 2.45) is 4.99 Å². The van der Waals surface area contributed by atoms with Crippen molar-refractivity contribution < 1.29 is 14.3 Å². The molecule has 0 spiro atoms. The van der Waals surface area contributed by atoms with Gasteiger partial charge in [-0.25, -0.2) is 4.99 Å². The maximum absolute atomic E-state index is 11.8. The van der Waals surface area contributed by atoms with Crippen LogP contribution in [-0.2, 0) is 17.9 Å². The van der Waals surface area contributed by atoms with Gasteiger partial charge in [0.15, 0.2) is 17.5 Å². The maximum atomic E-state index is 11.8. The number of hydrogen-bond acceptors (Lipinski definition) is 4. The van der Waals surface area contributed by atoms with Crippen molar-refractivity contribution >= 4 is 17.6 Å². The van der Waals surface area contributed by atoms with E-state index in [1.165, 1.54) is 0 Å². The van der Waals surface area contributed by atoms with Crippen LogP contribution in [0, 0.1) is 0 Å². The highest BCUT2D eigenvalue weighted by atomic mass is 16.5. The van der Waals surface area contributed by atoms with Crippen LogP contribution >= 0.6 is 0 Å². The monoisotopic (exact) mass is 412 g/mol. The molecule has 2 rings (SSSR count). The molecule has 2 aromatic carbocycles. The van der Waals surface area contributed by atoms with Crippen molar-refractivity contribution in [2.45, 2.75) is 39.8 Å². The second-order valence-electron chi connectivity index (χ2n) is 6.74. The van der Waals surface area contributed by atoms with Gasteiger partial charge in [0, 0.05) is 25.2 Å². The molecule has 3 N–H and O–H groups in total. The summed E-state index contributed by atoms with van der Waals surface area (Å²) in [6.07, 6.45) is 1.35. The SMILES string of the molecule is CCCC(=O)Nc1cccc(CN=C(NCC)NCc2ccc(OC)c(OC)c2)c1. The van der Waals surface area contributed by atoms with E-state index in [4.69, 9.17) is 9.47 Å². The predicted molar refractivity (Wildman–Crippen MR) is 121 cm³/mol. The van der Waals surface area contributed by atoms with E-state index in [1.54, 1.807) is 14.2 Å². The quantitative estimate of drug-likeness (QED) is 0.409. The molecule has 0 atom stereocenters. The van der Waals surface area contributed by atoms with Crippen LogP contribution < -0.4 is 25.4 Å². The number of nitrogens with one attached hydrogen (secondary N) is 3. The lowest BCUT2D eigenvalue weighted by molar-refractivity contribution is -0.116. The third-order valence-electron chi connectivity index (χ3n) is 4.36. The number of rotatable bonds is 10. The third-order valence-corrected chi connectivity index (χ3v) is 4.36. The highest BCUT2D eigenvalue weighted by molar-refractivity contribution is 5.90. The lowest BCUT2D eigenvalue weighted by Crippen LogP contribution is -2.36. The van der Waals surface area contributed by atoms with Crippen LogP contribution in [0.3, 0.4) is 0 Å². The van der Waals surface area contributed by atoms with Crippen LogP contribution in [0.15, 0.2) is 47.5 Å². The number of benzene rings is 2. The summed E-state index contributed by atoms with van der Waals surface area (Å²) in [4.78, 5) is 16.5. The summed E-state index contributed by atoms with van der Waals surface area (Å²) in [5, 5.41) is 9.51. The van der Waals surface area contributed by atoms with E-state index in [9.17, 15) is 4.79 Å². The van der Waals surface area contributed by atoms with Gasteiger partial charge in [-0.3, -0.25) is 4.79 Å². The van der Waals surface area contributed by atoms with Gasteiger partial charge in [-0.15, -0.1) is 0 Å². The Hall–Kier alpha value is -3.22. The first-order valence-corrected chi connectivity index (χ1v) is 10.2. The predicted octanol–water partition coefficient (Wildman–Crippen LogP) is 3.70. The molecule has 0 aliphatic carbocycles. The van der Waals surface area contributed by atoms with E-state index in [2.05, 4.69) is 20.9 Å². The number of methoxy groups -OCH3 is 2. The second-order valence-corrected chi connectivity index (χ2v) is 6.74. The zero-order chi connectivity index (χ0) is 21.8. The lowest BCUT2D eigenvalue weighted by Gasteiger charge is -2.13. The van der Waals surface area contributed by atoms with Crippen LogP contribution in [0.4, 0.5) is 5.69 Å². The van der Waals surface area contributed by atoms with Crippen LogP contribution in [0.1, 0.15) is 37.8 Å². The third kappa shape index (κ3) is 7.31. The number of carbonyl (C=O) groups is 1. The molecule has 0 aliphatic heterocycles. The van der Waals surface area contributed by atoms with E-state index in [-0.39, 0.29) is 5.91 Å². The minimum absolute atomic E-state index is 0.0306. The van der Waals surface area contributed by atoms with Crippen molar-refractivity contribution in [3.8, 4) is 11.5 Å². The minimum Gasteiger partial charge on any atom is -0.493 e. The Morgan fingerprint density at radius 1 is 0.967 bits per heavy atom. The van der Waals surface area contributed by atoms with Gasteiger partial charge in [-0.2, -0.15) is 0 Å². The first-order chi connectivity index (χ1) is 14.6. The average molecular weight is 413 g/mol. The Morgan fingerprint density at radius 2 is 1.77 bits per heavy atom. The number of anilines is 1. The number of aliphatic imine (C=N–C) groups is 1. The molecule has 0 bridgehead atoms. The van der Waals surface area contributed by atoms with Crippen molar-refractivity contribution in [3.63, 3.8) is 0 Å². The first kappa shape index (κ1) is 23.1. The fourth-order valence-electron chi connectivity index (χ4n) is 2.89. The summed E-state index contributed by atoms with van der Waals surface area (Å²) in [6, 6.07) is 13.6. The van der Waals surface area contributed by atoms with E-state index < -0.39 is 0 Å². The van der Waals surface area contributed by atoms with Crippen molar-refractivity contribution in [3.05, 3.63) is 53.6 Å². The summed E-state index contributed by atoms with van der Waals surface area (Å²) in [7, 11) is 3.25. The van der Waals surface area contributed by atoms with Crippen LogP contribution in [0.5, 0.6) is 11.5 Å². The molecular weight excluding hydrogens is 380 g/mol. The van der Waals surface area contributed by atoms with E-state index in [1.807, 2.05) is 56.3 Å². The Balaban J connectivity index is 2.01. The van der Waals surface area contributed by atoms with Gasteiger partial charge < -0.3 is 25.4 Å². The van der Waals surface area contributed by atoms with E-state index in [0.717, 1.165) is 29.8 Å². The highest BCUT2D eigenvalue weighted by Crippen LogP contribution is 2.27. The van der Waals surface area contributed by atoms with Gasteiger partial charge in [-0.1, -0.05) is 25.1 Å². The molecule has 0 unspecified atom stereocenters. The molecule has 0 aliphatic rings. The Morgan fingerprint density at radius 3 is 2.47 bits per heavy atom. The van der Waals surface area contributed by atoms with Crippen molar-refractivity contribution in [1.29, 1.82) is 0 Å². The molecule has 0 heterocycles. The number of hydrogen-bond donors (Lipinski definition) is 3. The molecule has 2 aromatic rings. The second kappa shape index (κ2) is 12.4. The Labute approximate surface area is 178 Å². The van der Waals surface area contributed by atoms with Gasteiger partial charge in [0.1, 0.15) is 0 Å². The number of guanidine groups is 1. The van der Waals surface area contributed by atoms with Gasteiger partial charge in [0.05, 0.1) is 20.8 Å². The fraction of sp³-hybridized carbons (Fsp3) is 0.391. The van der Waals surface area contributed by atoms with Gasteiger partial charge in [0.2, 0.25) is 5.91 Å². The molecule has 0 saturated carbocycles. The number of ether oxygens (including phenoxy) is 2. The van der Waals surface area contributed by atoms with Gasteiger partial charge in [0.25, 0.3) is 0 Å². The van der Waals surface area contributed by atoms with Crippen LogP contribution in [0.25, 0.3) is 0 Å². The summed E-state index contributed by atoms with van der Waals surface area (Å²) in [5.74, 6) is 2.14. The highest BCUT2D eigenvalue weighted by Gasteiger charge is 2.06. The standard InChI is InChI=1S/C23H32N4O3/c1-5-8-22(28)27-19-10-7-9-17(13-19)15-25-23(24-6-2)26-16-18-11-12-20(29-3)21(14-18)30-4/h7,9-14H,5-6,8,15-16H2,1-4H3,(H,27,28)(H2,24,25,26). The molecule has 0 fully saturated rings. The molecule has 7 nitrogen and oxygen atoms in total. The number of carbonyl (C=O) groups excluding carboxylic acids is 1. The molecule has 30 heavy (non-hydrogen) atoms. The maximum Gasteiger partial charge on any atom is 0.224 e. The zero-order valence-electron chi connectivity index (χ0n) is 18.2. The summed E-state index contributed by atoms with van der Waals surface area (Å²) >= 11 is 0. The minimum atomic E-state index is 0.0306. The Kier molecular flexibility index (Phi) is 9.51. The summed E-state index contributed by atoms with van der Waals surface area (Å²) < 4.78 is 10.6. The molecule has 0 saturated heterocycles. The average Bonchev–Trinajstić information content (AvgIpc) is 2.75.